The fraction of sp³-hybridized carbons (Fsp3) is 0.800. The normalized spacial score (nSPS) is 30.1. The number of hydrogen-bond donors (Lipinski definition) is 2. The van der Waals surface area contributed by atoms with Gasteiger partial charge in [-0.1, -0.05) is 20.3 Å². The van der Waals surface area contributed by atoms with Gasteiger partial charge in [0.1, 0.15) is 0 Å². The Kier molecular flexibility index (Phi) is 4.32. The molecule has 1 aliphatic carbocycles. The first kappa shape index (κ1) is 11.4. The predicted molar refractivity (Wildman–Crippen MR) is 64.4 cm³/mol. The van der Waals surface area contributed by atoms with Crippen LogP contribution in [0, 0.1) is 11.8 Å². The summed E-state index contributed by atoms with van der Waals surface area (Å²) in [5.74, 6) is 1.18. The zero-order valence-corrected chi connectivity index (χ0v) is 9.95. The number of nitrogens with one attached hydrogen (secondary N) is 2. The summed E-state index contributed by atoms with van der Waals surface area (Å²) in [5.41, 5.74) is 4.13. The molecule has 1 rings (SSSR count). The molecule has 2 atom stereocenters. The smallest absolute Gasteiger partial charge is 0.186 e. The summed E-state index contributed by atoms with van der Waals surface area (Å²) in [6.45, 7) is 4.47. The minimum absolute atomic E-state index is 0.586. The summed E-state index contributed by atoms with van der Waals surface area (Å²) in [6.07, 6.45) is 3.81. The highest BCUT2D eigenvalue weighted by Gasteiger charge is 2.22. The molecule has 4 heteroatoms. The first-order valence-corrected chi connectivity index (χ1v) is 5.61. The average Bonchev–Trinajstić information content (AvgIpc) is 2.16. The summed E-state index contributed by atoms with van der Waals surface area (Å²) in [7, 11) is 1.79. The molecular weight excluding hydrogens is 194 g/mol. The zero-order chi connectivity index (χ0) is 10.6. The maximum Gasteiger partial charge on any atom is 0.186 e. The summed E-state index contributed by atoms with van der Waals surface area (Å²) < 4.78 is 0. The second-order valence-electron chi connectivity index (χ2n) is 3.96. The van der Waals surface area contributed by atoms with E-state index in [1.54, 1.807) is 7.05 Å². The molecule has 1 aliphatic rings. The number of thiocarbonyl (C=S) groups is 1. The summed E-state index contributed by atoms with van der Waals surface area (Å²) in [4.78, 5) is 0. The van der Waals surface area contributed by atoms with E-state index in [9.17, 15) is 0 Å². The van der Waals surface area contributed by atoms with Crippen LogP contribution in [0.15, 0.2) is 5.10 Å². The molecule has 0 aromatic rings. The van der Waals surface area contributed by atoms with Gasteiger partial charge in [0.15, 0.2) is 5.11 Å². The molecule has 0 aliphatic heterocycles. The van der Waals surface area contributed by atoms with Crippen molar-refractivity contribution in [1.29, 1.82) is 0 Å². The molecule has 80 valence electrons. The molecule has 14 heavy (non-hydrogen) atoms. The maximum atomic E-state index is 4.97. The predicted octanol–water partition coefficient (Wildman–Crippen LogP) is 1.89. The Bertz CT molecular complexity index is 226. The van der Waals surface area contributed by atoms with E-state index in [0.29, 0.717) is 16.9 Å². The first-order valence-electron chi connectivity index (χ1n) is 5.20. The maximum absolute atomic E-state index is 4.97. The fourth-order valence-corrected chi connectivity index (χ4v) is 1.95. The van der Waals surface area contributed by atoms with Crippen LogP contribution in [0.4, 0.5) is 0 Å². The molecule has 1 fully saturated rings. The molecule has 0 aromatic heterocycles. The summed E-state index contributed by atoms with van der Waals surface area (Å²) in [6, 6.07) is 0. The highest BCUT2D eigenvalue weighted by molar-refractivity contribution is 7.80. The van der Waals surface area contributed by atoms with Crippen LogP contribution in [0.1, 0.15) is 33.1 Å². The highest BCUT2D eigenvalue weighted by Crippen LogP contribution is 2.25. The van der Waals surface area contributed by atoms with E-state index in [-0.39, 0.29) is 0 Å². The van der Waals surface area contributed by atoms with Crippen molar-refractivity contribution in [3.8, 4) is 0 Å². The van der Waals surface area contributed by atoms with E-state index in [2.05, 4.69) is 29.7 Å². The van der Waals surface area contributed by atoms with Crippen LogP contribution in [0.25, 0.3) is 0 Å². The largest absolute Gasteiger partial charge is 0.364 e. The molecule has 0 amide bonds. The van der Waals surface area contributed by atoms with Gasteiger partial charge in [-0.05, 0) is 36.9 Å². The SMILES string of the molecule is CNC(=S)NN=C1[C@H](C)CCC[C@@H]1C. The topological polar surface area (TPSA) is 36.4 Å². The Hall–Kier alpha value is -0.640. The zero-order valence-electron chi connectivity index (χ0n) is 9.13. The lowest BCUT2D eigenvalue weighted by molar-refractivity contribution is 0.484. The van der Waals surface area contributed by atoms with Crippen LogP contribution in [0.3, 0.4) is 0 Å². The monoisotopic (exact) mass is 213 g/mol. The van der Waals surface area contributed by atoms with E-state index in [4.69, 9.17) is 12.2 Å². The molecule has 0 unspecified atom stereocenters. The van der Waals surface area contributed by atoms with E-state index < -0.39 is 0 Å². The molecule has 0 spiro atoms. The molecule has 0 bridgehead atoms. The van der Waals surface area contributed by atoms with Crippen molar-refractivity contribution in [2.24, 2.45) is 16.9 Å². The minimum Gasteiger partial charge on any atom is -0.364 e. The van der Waals surface area contributed by atoms with Crippen LogP contribution in [0.5, 0.6) is 0 Å². The Labute approximate surface area is 91.3 Å². The second kappa shape index (κ2) is 5.29. The lowest BCUT2D eigenvalue weighted by atomic mass is 9.81. The quantitative estimate of drug-likeness (QED) is 0.516. The highest BCUT2D eigenvalue weighted by atomic mass is 32.1. The average molecular weight is 213 g/mol. The van der Waals surface area contributed by atoms with Gasteiger partial charge >= 0.3 is 0 Å². The van der Waals surface area contributed by atoms with Crippen molar-refractivity contribution in [2.75, 3.05) is 7.05 Å². The fourth-order valence-electron chi connectivity index (χ4n) is 1.90. The molecule has 0 aromatic carbocycles. The van der Waals surface area contributed by atoms with Gasteiger partial charge in [0.25, 0.3) is 0 Å². The Morgan fingerprint density at radius 1 is 1.36 bits per heavy atom. The molecule has 1 saturated carbocycles. The van der Waals surface area contributed by atoms with Crippen LogP contribution in [-0.4, -0.2) is 17.9 Å². The second-order valence-corrected chi connectivity index (χ2v) is 4.37. The molecule has 0 radical (unpaired) electrons. The van der Waals surface area contributed by atoms with E-state index in [1.165, 1.54) is 25.0 Å². The lowest BCUT2D eigenvalue weighted by Gasteiger charge is -2.26. The Morgan fingerprint density at radius 2 is 1.93 bits per heavy atom. The van der Waals surface area contributed by atoms with Crippen LogP contribution in [-0.2, 0) is 0 Å². The van der Waals surface area contributed by atoms with Gasteiger partial charge in [0.05, 0.1) is 0 Å². The van der Waals surface area contributed by atoms with Gasteiger partial charge < -0.3 is 5.32 Å². The standard InChI is InChI=1S/C10H19N3S/c1-7-5-4-6-8(2)9(7)12-13-10(14)11-3/h7-8H,4-6H2,1-3H3,(H2,11,13,14)/t7-,8+. The van der Waals surface area contributed by atoms with E-state index in [0.717, 1.165) is 0 Å². The third kappa shape index (κ3) is 2.94. The molecule has 3 nitrogen and oxygen atoms in total. The van der Waals surface area contributed by atoms with Crippen molar-refractivity contribution < 1.29 is 0 Å². The van der Waals surface area contributed by atoms with Crippen molar-refractivity contribution in [1.82, 2.24) is 10.7 Å². The molecule has 2 N–H and O–H groups in total. The third-order valence-corrected chi connectivity index (χ3v) is 3.09. The van der Waals surface area contributed by atoms with Crippen LogP contribution in [0.2, 0.25) is 0 Å². The number of hydrazone groups is 1. The van der Waals surface area contributed by atoms with Crippen molar-refractivity contribution in [3.63, 3.8) is 0 Å². The number of rotatable bonds is 1. The Morgan fingerprint density at radius 3 is 2.43 bits per heavy atom. The van der Waals surface area contributed by atoms with Crippen molar-refractivity contribution >= 4 is 23.0 Å². The first-order chi connectivity index (χ1) is 6.65. The minimum atomic E-state index is 0.586. The van der Waals surface area contributed by atoms with Crippen LogP contribution >= 0.6 is 12.2 Å². The molecule has 0 heterocycles. The van der Waals surface area contributed by atoms with Gasteiger partial charge in [-0.15, -0.1) is 0 Å². The summed E-state index contributed by atoms with van der Waals surface area (Å²) >= 11 is 4.97. The van der Waals surface area contributed by atoms with Gasteiger partial charge in [0, 0.05) is 12.8 Å². The molecule has 0 saturated heterocycles. The van der Waals surface area contributed by atoms with Gasteiger partial charge in [-0.25, -0.2) is 0 Å². The van der Waals surface area contributed by atoms with Crippen LogP contribution < -0.4 is 10.7 Å². The van der Waals surface area contributed by atoms with Crippen molar-refractivity contribution in [2.45, 2.75) is 33.1 Å². The van der Waals surface area contributed by atoms with E-state index in [1.807, 2.05) is 0 Å². The number of nitrogens with zero attached hydrogens (tertiary/aromatic N) is 1. The number of hydrogen-bond acceptors (Lipinski definition) is 2. The Balaban J connectivity index is 2.58. The summed E-state index contributed by atoms with van der Waals surface area (Å²) in [5, 5.41) is 7.81. The van der Waals surface area contributed by atoms with E-state index >= 15 is 0 Å². The van der Waals surface area contributed by atoms with Gasteiger partial charge in [-0.2, -0.15) is 5.10 Å². The van der Waals surface area contributed by atoms with Gasteiger partial charge in [0.2, 0.25) is 0 Å². The lowest BCUT2D eigenvalue weighted by Crippen LogP contribution is -2.33. The molecular formula is C10H19N3S. The van der Waals surface area contributed by atoms with Gasteiger partial charge in [-0.3, -0.25) is 5.43 Å². The van der Waals surface area contributed by atoms with Crippen molar-refractivity contribution in [3.05, 3.63) is 0 Å². The third-order valence-electron chi connectivity index (χ3n) is 2.80.